The second-order valence-corrected chi connectivity index (χ2v) is 15.6. The van der Waals surface area contributed by atoms with E-state index in [0.29, 0.717) is 11.9 Å². The number of carbonyl (C=O) groups is 12. The van der Waals surface area contributed by atoms with Gasteiger partial charge in [-0.1, -0.05) is 12.1 Å². The summed E-state index contributed by atoms with van der Waals surface area (Å²) in [7, 11) is 0. The molecule has 0 aliphatic carbocycles. The average molecular weight is 1290 g/mol. The second-order valence-electron chi connectivity index (χ2n) is 15.6. The fourth-order valence-electron chi connectivity index (χ4n) is 5.81. The van der Waals surface area contributed by atoms with Gasteiger partial charge in [-0.05, 0) is 120 Å². The number of carboxylic acids is 12. The van der Waals surface area contributed by atoms with Crippen LogP contribution in [0.2, 0.25) is 0 Å². The summed E-state index contributed by atoms with van der Waals surface area (Å²) in [5.74, 6) is -14.5. The molecule has 87 heavy (non-hydrogen) atoms. The van der Waals surface area contributed by atoms with Gasteiger partial charge in [0.05, 0.1) is 67.6 Å². The smallest absolute Gasteiger partial charge is 0.545 e. The Bertz CT molecular complexity index is 3020. The van der Waals surface area contributed by atoms with Crippen molar-refractivity contribution < 1.29 is 139 Å². The van der Waals surface area contributed by atoms with E-state index in [9.17, 15) is 67.7 Å². The molecule has 4 aromatic heterocycles. The van der Waals surface area contributed by atoms with Crippen LogP contribution in [0.5, 0.6) is 0 Å². The Morgan fingerprint density at radius 1 is 0.264 bits per heavy atom. The monoisotopic (exact) mass is 1290 g/mol. The largest absolute Gasteiger partial charge is 2.00 e. The van der Waals surface area contributed by atoms with Crippen molar-refractivity contribution in [2.24, 2.45) is 0 Å². The van der Waals surface area contributed by atoms with Crippen molar-refractivity contribution in [3.63, 3.8) is 0 Å². The number of hydrogen-bond acceptors (Lipinski definition) is 22. The van der Waals surface area contributed by atoms with Crippen molar-refractivity contribution in [3.8, 4) is 0 Å². The normalized spacial score (nSPS) is 9.47. The number of rotatable bonds is 16. The predicted octanol–water partition coefficient (Wildman–Crippen LogP) is 3.68. The molecular formula is C54H38N8O24Pd. The average Bonchev–Trinajstić information content (AvgIpc) is 3.49. The standard InChI is InChI=1S/2C9H8N4.4C9H6O6.Pd/c2*1-2-5-10-8(4-1)13-9-11-6-3-7-12-9;4*10-7(11)4-1-5(8(12)13)3-6(2-4)9(14)15;/h2*1-7H,(H,10,11,12,13);4*1-3H,(H,10,11)(H,12,13)(H,14,15);/q;;;;;;+2/p-2. The summed E-state index contributed by atoms with van der Waals surface area (Å²) in [5.41, 5.74) is -4.80. The zero-order chi connectivity index (χ0) is 64.2. The van der Waals surface area contributed by atoms with Crippen LogP contribution >= 0.6 is 0 Å². The van der Waals surface area contributed by atoms with E-state index >= 15 is 0 Å². The third-order valence-electron chi connectivity index (χ3n) is 9.61. The first-order valence-corrected chi connectivity index (χ1v) is 22.8. The molecular weight excluding hydrogens is 1250 g/mol. The molecule has 0 amide bonds. The maximum atomic E-state index is 10.6. The van der Waals surface area contributed by atoms with Crippen molar-refractivity contribution in [1.82, 2.24) is 29.9 Å². The van der Waals surface area contributed by atoms with Gasteiger partial charge in [0.15, 0.2) is 0 Å². The maximum absolute atomic E-state index is 10.6. The Kier molecular flexibility index (Phi) is 27.9. The molecule has 0 saturated carbocycles. The molecule has 0 fully saturated rings. The summed E-state index contributed by atoms with van der Waals surface area (Å²) < 4.78 is 0. The molecule has 4 aromatic carbocycles. The minimum Gasteiger partial charge on any atom is -0.545 e. The molecule has 0 atom stereocenters. The molecule has 448 valence electrons. The number of pyridine rings is 2. The van der Waals surface area contributed by atoms with Gasteiger partial charge in [-0.15, -0.1) is 0 Å². The second kappa shape index (κ2) is 34.5. The Morgan fingerprint density at radius 2 is 0.437 bits per heavy atom. The zero-order valence-electron chi connectivity index (χ0n) is 43.2. The number of benzene rings is 4. The van der Waals surface area contributed by atoms with Gasteiger partial charge >= 0.3 is 80.1 Å². The molecule has 0 radical (unpaired) electrons. The Hall–Kier alpha value is -12.8. The molecule has 8 rings (SSSR count). The van der Waals surface area contributed by atoms with Crippen LogP contribution in [0, 0.1) is 0 Å². The summed E-state index contributed by atoms with van der Waals surface area (Å²) in [6.07, 6.45) is 10.1. The quantitative estimate of drug-likeness (QED) is 0.0614. The topological polar surface area (TPSA) is 555 Å². The predicted molar refractivity (Wildman–Crippen MR) is 283 cm³/mol. The van der Waals surface area contributed by atoms with Gasteiger partial charge in [0, 0.05) is 37.2 Å². The number of carboxylic acid groups (broad SMARTS) is 12. The van der Waals surface area contributed by atoms with E-state index in [0.717, 1.165) is 84.4 Å². The molecule has 0 bridgehead atoms. The van der Waals surface area contributed by atoms with Crippen molar-refractivity contribution in [2.75, 3.05) is 10.6 Å². The Balaban J connectivity index is 0.000000355. The molecule has 0 aliphatic heterocycles. The van der Waals surface area contributed by atoms with E-state index in [1.165, 1.54) is 0 Å². The third-order valence-corrected chi connectivity index (χ3v) is 9.61. The number of aromatic carboxylic acids is 12. The van der Waals surface area contributed by atoms with Crippen LogP contribution in [-0.4, -0.2) is 153 Å². The number of carbonyl (C=O) groups excluding carboxylic acids is 2. The van der Waals surface area contributed by atoms with Gasteiger partial charge in [0.2, 0.25) is 11.9 Å². The van der Waals surface area contributed by atoms with Crippen molar-refractivity contribution >= 4 is 95.2 Å². The van der Waals surface area contributed by atoms with Crippen LogP contribution in [0.25, 0.3) is 0 Å². The van der Waals surface area contributed by atoms with E-state index in [1.54, 1.807) is 49.3 Å². The molecule has 0 unspecified atom stereocenters. The fraction of sp³-hybridized carbons (Fsp3) is 0. The molecule has 8 aromatic rings. The zero-order valence-corrected chi connectivity index (χ0v) is 44.8. The van der Waals surface area contributed by atoms with Crippen LogP contribution < -0.4 is 20.8 Å². The summed E-state index contributed by atoms with van der Waals surface area (Å²) in [6, 6.07) is 25.3. The van der Waals surface area contributed by atoms with E-state index in [1.807, 2.05) is 36.4 Å². The van der Waals surface area contributed by atoms with Crippen LogP contribution in [0.3, 0.4) is 0 Å². The van der Waals surface area contributed by atoms with Gasteiger partial charge < -0.3 is 81.5 Å². The number of aromatic nitrogens is 6. The van der Waals surface area contributed by atoms with E-state index in [-0.39, 0.29) is 53.8 Å². The third kappa shape index (κ3) is 24.5. The SMILES string of the molecule is O=C(O)c1cc(C(=O)O)cc(C(=O)O)c1.O=C(O)c1cc(C(=O)O)cc(C(=O)O)c1.O=C([O-])c1cc(C(=O)O)cc(C(=O)O)c1.O=C([O-])c1cc(C(=O)O)cc(C(=O)O)c1.[Pd+2].c1ccc(Nc2ncccn2)nc1.c1ccc(Nc2ncccn2)nc1. The summed E-state index contributed by atoms with van der Waals surface area (Å²) in [5, 5.41) is 113. The van der Waals surface area contributed by atoms with Crippen molar-refractivity contribution in [3.05, 3.63) is 225 Å². The summed E-state index contributed by atoms with van der Waals surface area (Å²) >= 11 is 0. The first kappa shape index (κ1) is 70.3. The van der Waals surface area contributed by atoms with E-state index in [2.05, 4.69) is 40.5 Å². The molecule has 32 nitrogen and oxygen atoms in total. The molecule has 4 heterocycles. The van der Waals surface area contributed by atoms with Crippen LogP contribution in [0.1, 0.15) is 124 Å². The van der Waals surface area contributed by atoms with Gasteiger partial charge in [-0.2, -0.15) is 0 Å². The van der Waals surface area contributed by atoms with Crippen LogP contribution in [0.4, 0.5) is 23.5 Å². The summed E-state index contributed by atoms with van der Waals surface area (Å²) in [4.78, 5) is 151. The number of nitrogens with one attached hydrogen (secondary N) is 2. The minimum atomic E-state index is -1.62. The number of anilines is 4. The van der Waals surface area contributed by atoms with Crippen LogP contribution in [0.15, 0.2) is 159 Å². The molecule has 33 heteroatoms. The van der Waals surface area contributed by atoms with Gasteiger partial charge in [-0.25, -0.2) is 77.8 Å². The van der Waals surface area contributed by atoms with Crippen LogP contribution in [-0.2, 0) is 20.4 Å². The first-order chi connectivity index (χ1) is 40.6. The summed E-state index contributed by atoms with van der Waals surface area (Å²) in [6.45, 7) is 0. The van der Waals surface area contributed by atoms with Gasteiger partial charge in [-0.3, -0.25) is 0 Å². The maximum Gasteiger partial charge on any atom is 2.00 e. The Labute approximate surface area is 498 Å². The first-order valence-electron chi connectivity index (χ1n) is 22.8. The molecule has 0 aliphatic rings. The number of hydrogen-bond donors (Lipinski definition) is 12. The Morgan fingerprint density at radius 3 is 0.586 bits per heavy atom. The number of nitrogens with zero attached hydrogens (tertiary/aromatic N) is 6. The molecule has 0 saturated heterocycles. The van der Waals surface area contributed by atoms with E-state index in [4.69, 9.17) is 51.1 Å². The minimum absolute atomic E-state index is 0. The molecule has 0 spiro atoms. The molecule has 12 N–H and O–H groups in total. The fourth-order valence-corrected chi connectivity index (χ4v) is 5.81. The van der Waals surface area contributed by atoms with E-state index < -0.39 is 105 Å². The van der Waals surface area contributed by atoms with Crippen molar-refractivity contribution in [2.45, 2.75) is 0 Å². The van der Waals surface area contributed by atoms with Crippen molar-refractivity contribution in [1.29, 1.82) is 0 Å². The van der Waals surface area contributed by atoms with Gasteiger partial charge in [0.1, 0.15) is 11.6 Å². The van der Waals surface area contributed by atoms with Gasteiger partial charge in [0.25, 0.3) is 0 Å².